The average molecular weight is 403 g/mol. The molecule has 0 amide bonds. The molecule has 0 aromatic carbocycles. The van der Waals surface area contributed by atoms with Crippen molar-refractivity contribution < 1.29 is 19.8 Å². The molecule has 0 unspecified atom stereocenters. The number of hydrogen-bond donors (Lipinski definition) is 2. The third-order valence-electron chi connectivity index (χ3n) is 1.25. The quantitative estimate of drug-likeness (QED) is 0.793. The van der Waals surface area contributed by atoms with Crippen LogP contribution >= 0.6 is 68.0 Å². The number of rotatable bonds is 2. The van der Waals surface area contributed by atoms with Crippen LogP contribution in [0.3, 0.4) is 0 Å². The van der Waals surface area contributed by atoms with Crippen LogP contribution in [-0.4, -0.2) is 22.2 Å². The van der Waals surface area contributed by atoms with Gasteiger partial charge in [-0.1, -0.05) is 0 Å². The molecule has 0 aliphatic heterocycles. The Balaban J connectivity index is 0. The van der Waals surface area contributed by atoms with Gasteiger partial charge in [0.2, 0.25) is 0 Å². The van der Waals surface area contributed by atoms with Crippen LogP contribution in [0.4, 0.5) is 0 Å². The molecule has 1 aromatic rings. The van der Waals surface area contributed by atoms with E-state index in [1.807, 2.05) is 0 Å². The molecule has 4 nitrogen and oxygen atoms in total. The minimum atomic E-state index is -1.26. The summed E-state index contributed by atoms with van der Waals surface area (Å²) in [5, 5.41) is 17.4. The summed E-state index contributed by atoms with van der Waals surface area (Å²) in [6.07, 6.45) is 0. The molecule has 0 radical (unpaired) electrons. The van der Waals surface area contributed by atoms with Crippen LogP contribution in [0, 0.1) is 0 Å². The third-order valence-corrected chi connectivity index (χ3v) is 3.78. The van der Waals surface area contributed by atoms with E-state index in [0.717, 1.165) is 11.3 Å². The number of carboxylic acid groups (broad SMARTS) is 2. The molecule has 2 N–H and O–H groups in total. The first-order valence-electron chi connectivity index (χ1n) is 2.89. The van der Waals surface area contributed by atoms with Crippen molar-refractivity contribution in [3.8, 4) is 0 Å². The molecule has 0 aliphatic rings. The van der Waals surface area contributed by atoms with Crippen LogP contribution in [0.2, 0.25) is 0 Å². The molecular weight excluding hydrogens is 399 g/mol. The highest BCUT2D eigenvalue weighted by atomic mass is 79.9. The second-order valence-corrected chi connectivity index (χ2v) is 5.67. The van der Waals surface area contributed by atoms with Crippen LogP contribution in [0.1, 0.15) is 20.7 Å². The van der Waals surface area contributed by atoms with Gasteiger partial charge in [0, 0.05) is 0 Å². The number of thiophene rings is 1. The van der Waals surface area contributed by atoms with E-state index in [4.69, 9.17) is 10.2 Å². The zero-order valence-corrected chi connectivity index (χ0v) is 12.3. The van der Waals surface area contributed by atoms with Gasteiger partial charge in [-0.15, -0.1) is 36.2 Å². The lowest BCUT2D eigenvalue weighted by atomic mass is 10.2. The van der Waals surface area contributed by atoms with E-state index >= 15 is 0 Å². The Kier molecular flexibility index (Phi) is 7.84. The fourth-order valence-corrected chi connectivity index (χ4v) is 3.86. The first-order chi connectivity index (χ1) is 5.95. The van der Waals surface area contributed by atoms with Gasteiger partial charge < -0.3 is 10.2 Å². The summed E-state index contributed by atoms with van der Waals surface area (Å²) in [6, 6.07) is 0. The first-order valence-corrected chi connectivity index (χ1v) is 5.29. The first kappa shape index (κ1) is 17.6. The van der Waals surface area contributed by atoms with Gasteiger partial charge in [-0.3, -0.25) is 0 Å². The SMILES string of the molecule is Cl.Cl.O=C(O)c1c(Br)sc(Br)c1C(=O)O. The van der Waals surface area contributed by atoms with E-state index < -0.39 is 11.9 Å². The van der Waals surface area contributed by atoms with Gasteiger partial charge in [0.1, 0.15) is 11.1 Å². The maximum Gasteiger partial charge on any atom is 0.338 e. The maximum atomic E-state index is 10.7. The van der Waals surface area contributed by atoms with Gasteiger partial charge >= 0.3 is 11.9 Å². The molecule has 1 rings (SSSR count). The number of hydrogen-bond acceptors (Lipinski definition) is 3. The fraction of sp³-hybridized carbons (Fsp3) is 0. The molecule has 1 heterocycles. The Bertz CT molecular complexity index is 358. The Morgan fingerprint density at radius 2 is 1.20 bits per heavy atom. The van der Waals surface area contributed by atoms with Gasteiger partial charge in [0.15, 0.2) is 0 Å². The average Bonchev–Trinajstić information content (AvgIpc) is 2.24. The second-order valence-electron chi connectivity index (χ2n) is 2.01. The van der Waals surface area contributed by atoms with E-state index in [-0.39, 0.29) is 35.9 Å². The van der Waals surface area contributed by atoms with Crippen molar-refractivity contribution in [1.29, 1.82) is 0 Å². The summed E-state index contributed by atoms with van der Waals surface area (Å²) in [5.41, 5.74) is -0.436. The van der Waals surface area contributed by atoms with E-state index in [2.05, 4.69) is 31.9 Å². The number of carboxylic acids is 2. The lowest BCUT2D eigenvalue weighted by Crippen LogP contribution is -2.05. The zero-order valence-electron chi connectivity index (χ0n) is 6.69. The summed E-state index contributed by atoms with van der Waals surface area (Å²) in [7, 11) is 0. The van der Waals surface area contributed by atoms with Gasteiger partial charge in [0.05, 0.1) is 7.57 Å². The Labute approximate surface area is 118 Å². The second kappa shape index (κ2) is 6.70. The molecule has 86 valence electrons. The van der Waals surface area contributed by atoms with Crippen LogP contribution in [0.15, 0.2) is 7.57 Å². The monoisotopic (exact) mass is 400 g/mol. The van der Waals surface area contributed by atoms with Gasteiger partial charge in [0.25, 0.3) is 0 Å². The Hall–Kier alpha value is 0.180. The van der Waals surface area contributed by atoms with Crippen molar-refractivity contribution in [3.05, 3.63) is 18.7 Å². The summed E-state index contributed by atoms with van der Waals surface area (Å²) in [4.78, 5) is 21.3. The summed E-state index contributed by atoms with van der Waals surface area (Å²) >= 11 is 6.99. The molecule has 0 saturated heterocycles. The highest BCUT2D eigenvalue weighted by molar-refractivity contribution is 9.12. The van der Waals surface area contributed by atoms with Gasteiger partial charge in [-0.25, -0.2) is 9.59 Å². The third kappa shape index (κ3) is 3.60. The van der Waals surface area contributed by atoms with Crippen molar-refractivity contribution in [1.82, 2.24) is 0 Å². The van der Waals surface area contributed by atoms with E-state index in [1.54, 1.807) is 0 Å². The molecule has 0 saturated carbocycles. The molecule has 9 heteroatoms. The number of carbonyl (C=O) groups is 2. The molecule has 0 aliphatic carbocycles. The van der Waals surface area contributed by atoms with Crippen LogP contribution in [-0.2, 0) is 0 Å². The van der Waals surface area contributed by atoms with Crippen molar-refractivity contribution in [3.63, 3.8) is 0 Å². The lowest BCUT2D eigenvalue weighted by molar-refractivity contribution is 0.0651. The van der Waals surface area contributed by atoms with Gasteiger partial charge in [-0.05, 0) is 31.9 Å². The molecule has 1 aromatic heterocycles. The predicted octanol–water partition coefficient (Wildman–Crippen LogP) is 3.51. The van der Waals surface area contributed by atoms with Crippen LogP contribution < -0.4 is 0 Å². The minimum Gasteiger partial charge on any atom is -0.478 e. The normalized spacial score (nSPS) is 8.67. The van der Waals surface area contributed by atoms with Crippen molar-refractivity contribution >= 4 is 79.9 Å². The largest absolute Gasteiger partial charge is 0.478 e. The predicted molar refractivity (Wildman–Crippen MR) is 68.1 cm³/mol. The van der Waals surface area contributed by atoms with Gasteiger partial charge in [-0.2, -0.15) is 0 Å². The molecule has 0 spiro atoms. The topological polar surface area (TPSA) is 74.6 Å². The summed E-state index contributed by atoms with van der Waals surface area (Å²) < 4.78 is 0.591. The lowest BCUT2D eigenvalue weighted by Gasteiger charge is -1.93. The molecule has 0 bridgehead atoms. The van der Waals surface area contributed by atoms with E-state index in [0.29, 0.717) is 7.57 Å². The van der Waals surface area contributed by atoms with Crippen molar-refractivity contribution in [2.24, 2.45) is 0 Å². The smallest absolute Gasteiger partial charge is 0.338 e. The Morgan fingerprint density at radius 1 is 0.933 bits per heavy atom. The van der Waals surface area contributed by atoms with Crippen molar-refractivity contribution in [2.75, 3.05) is 0 Å². The van der Waals surface area contributed by atoms with E-state index in [1.165, 1.54) is 0 Å². The van der Waals surface area contributed by atoms with Crippen LogP contribution in [0.5, 0.6) is 0 Å². The minimum absolute atomic E-state index is 0. The highest BCUT2D eigenvalue weighted by Gasteiger charge is 2.25. The van der Waals surface area contributed by atoms with Crippen molar-refractivity contribution in [2.45, 2.75) is 0 Å². The van der Waals surface area contributed by atoms with Crippen LogP contribution in [0.25, 0.3) is 0 Å². The molecule has 15 heavy (non-hydrogen) atoms. The fourth-order valence-electron chi connectivity index (χ4n) is 0.759. The molecular formula is C6H4Br2Cl2O4S. The highest BCUT2D eigenvalue weighted by Crippen LogP contribution is 2.36. The number of aromatic carboxylic acids is 2. The summed E-state index contributed by atoms with van der Waals surface area (Å²) in [5.74, 6) is -2.52. The maximum absolute atomic E-state index is 10.7. The summed E-state index contributed by atoms with van der Waals surface area (Å²) in [6.45, 7) is 0. The zero-order chi connectivity index (χ0) is 10.2. The van der Waals surface area contributed by atoms with E-state index in [9.17, 15) is 9.59 Å². The molecule has 0 atom stereocenters. The standard InChI is InChI=1S/C6H2Br2O4S.2ClH/c7-3-1(5(9)10)2(6(11)12)4(8)13-3;;/h(H,9,10)(H,11,12);2*1H. The molecule has 0 fully saturated rings. The Morgan fingerprint density at radius 3 is 1.40 bits per heavy atom. The number of halogens is 4.